The van der Waals surface area contributed by atoms with Crippen LogP contribution in [0, 0.1) is 5.82 Å². The van der Waals surface area contributed by atoms with Crippen LogP contribution in [0.4, 0.5) is 17.6 Å². The minimum Gasteiger partial charge on any atom is -0.268 e. The minimum atomic E-state index is -4.53. The summed E-state index contributed by atoms with van der Waals surface area (Å²) in [6.07, 6.45) is -2.96. The average molecular weight is 384 g/mol. The fourth-order valence-electron chi connectivity index (χ4n) is 1.73. The number of rotatable bonds is 2. The quantitative estimate of drug-likeness (QED) is 0.635. The van der Waals surface area contributed by atoms with Gasteiger partial charge in [-0.05, 0) is 30.8 Å². The molecule has 0 saturated carbocycles. The third-order valence-electron chi connectivity index (χ3n) is 2.83. The van der Waals surface area contributed by atoms with Crippen molar-refractivity contribution in [3.63, 3.8) is 0 Å². The van der Waals surface area contributed by atoms with E-state index in [4.69, 9.17) is 11.6 Å². The van der Waals surface area contributed by atoms with Gasteiger partial charge in [-0.2, -0.15) is 18.3 Å². The molecule has 1 aromatic heterocycles. The third kappa shape index (κ3) is 5.81. The minimum absolute atomic E-state index is 0.0764. The van der Waals surface area contributed by atoms with Crippen LogP contribution in [-0.2, 0) is 7.05 Å². The zero-order valence-corrected chi connectivity index (χ0v) is 14.3. The predicted molar refractivity (Wildman–Crippen MR) is 86.4 cm³/mol. The van der Waals surface area contributed by atoms with Crippen LogP contribution in [-0.4, -0.2) is 27.3 Å². The molecule has 1 aromatic carbocycles. The number of aromatic nitrogens is 2. The van der Waals surface area contributed by atoms with E-state index in [1.807, 2.05) is 0 Å². The normalized spacial score (nSPS) is 12.5. The van der Waals surface area contributed by atoms with Crippen molar-refractivity contribution in [1.29, 1.82) is 0 Å². The van der Waals surface area contributed by atoms with Crippen molar-refractivity contribution in [2.75, 3.05) is 7.05 Å². The van der Waals surface area contributed by atoms with Crippen molar-refractivity contribution in [2.45, 2.75) is 12.2 Å². The van der Waals surface area contributed by atoms with Gasteiger partial charge >= 0.3 is 6.18 Å². The summed E-state index contributed by atoms with van der Waals surface area (Å²) in [7, 11) is 2.76. The standard InChI is InChI=1S/C9H8ClF4NS.C5H6N2O/c1-15(16)8(9(12,13)14)5-2-3-6(10)7(11)4-5;1-7-5(8)3-2-4-6-7/h2-4,8,16H,1H3;2-4H,1H3. The van der Waals surface area contributed by atoms with Gasteiger partial charge in [0, 0.05) is 19.3 Å². The summed E-state index contributed by atoms with van der Waals surface area (Å²) in [4.78, 5) is 10.5. The van der Waals surface area contributed by atoms with Crippen molar-refractivity contribution >= 4 is 24.4 Å². The first-order valence-corrected chi connectivity index (χ1v) is 7.23. The molecule has 0 bridgehead atoms. The zero-order chi connectivity index (χ0) is 18.5. The Bertz CT molecular complexity index is 736. The average Bonchev–Trinajstić information content (AvgIpc) is 2.45. The summed E-state index contributed by atoms with van der Waals surface area (Å²) in [5.41, 5.74) is -0.320. The molecular weight excluding hydrogens is 370 g/mol. The summed E-state index contributed by atoms with van der Waals surface area (Å²) in [5, 5.41) is 3.47. The molecule has 10 heteroatoms. The molecule has 2 aromatic rings. The third-order valence-corrected chi connectivity index (χ3v) is 3.36. The van der Waals surface area contributed by atoms with Gasteiger partial charge in [0.05, 0.1) is 5.02 Å². The maximum absolute atomic E-state index is 13.0. The number of benzene rings is 1. The summed E-state index contributed by atoms with van der Waals surface area (Å²) in [6, 6.07) is 4.07. The highest BCUT2D eigenvalue weighted by atomic mass is 35.5. The summed E-state index contributed by atoms with van der Waals surface area (Å²) >= 11 is 9.01. The first-order valence-electron chi connectivity index (χ1n) is 6.45. The van der Waals surface area contributed by atoms with Gasteiger partial charge in [-0.3, -0.25) is 4.79 Å². The van der Waals surface area contributed by atoms with Crippen LogP contribution in [0.2, 0.25) is 5.02 Å². The Labute approximate surface area is 146 Å². The highest BCUT2D eigenvalue weighted by Gasteiger charge is 2.43. The van der Waals surface area contributed by atoms with E-state index in [1.54, 1.807) is 19.3 Å². The molecule has 132 valence electrons. The van der Waals surface area contributed by atoms with E-state index < -0.39 is 18.0 Å². The van der Waals surface area contributed by atoms with Gasteiger partial charge in [0.1, 0.15) is 11.9 Å². The first kappa shape index (κ1) is 20.5. The Morgan fingerprint density at radius 1 is 1.33 bits per heavy atom. The number of hydrogen-bond donors (Lipinski definition) is 1. The van der Waals surface area contributed by atoms with E-state index in [1.165, 1.54) is 10.7 Å². The van der Waals surface area contributed by atoms with Crippen LogP contribution < -0.4 is 5.56 Å². The largest absolute Gasteiger partial charge is 0.408 e. The van der Waals surface area contributed by atoms with Gasteiger partial charge in [0.15, 0.2) is 0 Å². The molecule has 0 aliphatic heterocycles. The van der Waals surface area contributed by atoms with Crippen molar-refractivity contribution in [1.82, 2.24) is 14.1 Å². The van der Waals surface area contributed by atoms with Crippen LogP contribution in [0.5, 0.6) is 0 Å². The highest BCUT2D eigenvalue weighted by molar-refractivity contribution is 7.77. The summed E-state index contributed by atoms with van der Waals surface area (Å²) in [5.74, 6) is -0.886. The van der Waals surface area contributed by atoms with Gasteiger partial charge < -0.3 is 0 Å². The Morgan fingerprint density at radius 2 is 1.96 bits per heavy atom. The molecule has 24 heavy (non-hydrogen) atoms. The van der Waals surface area contributed by atoms with Crippen molar-refractivity contribution in [3.8, 4) is 0 Å². The lowest BCUT2D eigenvalue weighted by molar-refractivity contribution is -0.169. The van der Waals surface area contributed by atoms with E-state index in [0.717, 1.165) is 25.2 Å². The van der Waals surface area contributed by atoms with E-state index in [0.29, 0.717) is 4.31 Å². The topological polar surface area (TPSA) is 38.1 Å². The number of halogens is 5. The van der Waals surface area contributed by atoms with Crippen LogP contribution >= 0.6 is 24.4 Å². The lowest BCUT2D eigenvalue weighted by Crippen LogP contribution is -2.30. The molecule has 0 N–H and O–H groups in total. The summed E-state index contributed by atoms with van der Waals surface area (Å²) < 4.78 is 52.9. The van der Waals surface area contributed by atoms with E-state index in [2.05, 4.69) is 17.9 Å². The molecule has 1 heterocycles. The number of alkyl halides is 3. The van der Waals surface area contributed by atoms with Crippen molar-refractivity contribution < 1.29 is 17.6 Å². The zero-order valence-electron chi connectivity index (χ0n) is 12.6. The lowest BCUT2D eigenvalue weighted by Gasteiger charge is -2.26. The van der Waals surface area contributed by atoms with Crippen molar-refractivity contribution in [3.05, 3.63) is 63.3 Å². The molecule has 0 saturated heterocycles. The van der Waals surface area contributed by atoms with E-state index in [-0.39, 0.29) is 16.1 Å². The van der Waals surface area contributed by atoms with Gasteiger partial charge in [-0.15, -0.1) is 0 Å². The predicted octanol–water partition coefficient (Wildman–Crippen LogP) is 3.64. The van der Waals surface area contributed by atoms with Crippen molar-refractivity contribution in [2.24, 2.45) is 7.05 Å². The molecular formula is C14H14ClF4N3OS. The monoisotopic (exact) mass is 383 g/mol. The lowest BCUT2D eigenvalue weighted by atomic mass is 10.1. The Morgan fingerprint density at radius 3 is 2.33 bits per heavy atom. The molecule has 2 rings (SSSR count). The molecule has 4 nitrogen and oxygen atoms in total. The molecule has 0 amide bonds. The molecule has 0 aliphatic rings. The fourth-order valence-corrected chi connectivity index (χ4v) is 2.11. The molecule has 0 radical (unpaired) electrons. The number of hydrogen-bond acceptors (Lipinski definition) is 4. The first-order chi connectivity index (χ1) is 11.0. The number of aryl methyl sites for hydroxylation is 1. The molecule has 1 atom stereocenters. The number of thiol groups is 1. The van der Waals surface area contributed by atoms with Gasteiger partial charge in [0.25, 0.3) is 5.56 Å². The smallest absolute Gasteiger partial charge is 0.268 e. The van der Waals surface area contributed by atoms with E-state index >= 15 is 0 Å². The van der Waals surface area contributed by atoms with E-state index in [9.17, 15) is 22.4 Å². The molecule has 0 spiro atoms. The Balaban J connectivity index is 0.000000300. The fraction of sp³-hybridized carbons (Fsp3) is 0.286. The second-order valence-electron chi connectivity index (χ2n) is 4.68. The van der Waals surface area contributed by atoms with Crippen LogP contribution in [0.3, 0.4) is 0 Å². The summed E-state index contributed by atoms with van der Waals surface area (Å²) in [6.45, 7) is 0. The van der Waals surface area contributed by atoms with Crippen LogP contribution in [0.25, 0.3) is 0 Å². The second kappa shape index (κ2) is 8.50. The van der Waals surface area contributed by atoms with Gasteiger partial charge in [-0.1, -0.05) is 30.5 Å². The molecule has 0 aliphatic carbocycles. The SMILES string of the molecule is CN(S)C(c1ccc(Cl)c(F)c1)C(F)(F)F.Cn1ncccc1=O. The van der Waals surface area contributed by atoms with Crippen LogP contribution in [0.15, 0.2) is 41.3 Å². The maximum atomic E-state index is 13.0. The number of nitrogens with zero attached hydrogens (tertiary/aromatic N) is 3. The molecule has 0 fully saturated rings. The van der Waals surface area contributed by atoms with Gasteiger partial charge in [-0.25, -0.2) is 13.4 Å². The maximum Gasteiger partial charge on any atom is 0.408 e. The molecule has 1 unspecified atom stereocenters. The van der Waals surface area contributed by atoms with Gasteiger partial charge in [0.2, 0.25) is 0 Å². The Kier molecular flexibility index (Phi) is 7.25. The second-order valence-corrected chi connectivity index (χ2v) is 5.72. The Hall–Kier alpha value is -1.58. The van der Waals surface area contributed by atoms with Crippen LogP contribution in [0.1, 0.15) is 11.6 Å². The highest BCUT2D eigenvalue weighted by Crippen LogP contribution is 2.38.